The second-order valence-corrected chi connectivity index (χ2v) is 4.05. The van der Waals surface area contributed by atoms with Gasteiger partial charge in [0.2, 0.25) is 0 Å². The summed E-state index contributed by atoms with van der Waals surface area (Å²) in [6.45, 7) is 2.56. The molecule has 3 rings (SSSR count). The third-order valence-corrected chi connectivity index (χ3v) is 3.08. The molecule has 18 heavy (non-hydrogen) atoms. The van der Waals surface area contributed by atoms with Crippen LogP contribution in [-0.4, -0.2) is 29.0 Å². The molecule has 0 saturated carbocycles. The Morgan fingerprint density at radius 2 is 2.06 bits per heavy atom. The molecule has 6 nitrogen and oxygen atoms in total. The Labute approximate surface area is 105 Å². The molecule has 94 valence electrons. The van der Waals surface area contributed by atoms with Crippen LogP contribution in [0.3, 0.4) is 0 Å². The van der Waals surface area contributed by atoms with Crippen molar-refractivity contribution in [3.05, 3.63) is 23.8 Å². The number of nitrogens with one attached hydrogen (secondary N) is 1. The normalized spacial score (nSPS) is 12.4. The lowest BCUT2D eigenvalue weighted by Crippen LogP contribution is -2.17. The number of ether oxygens (including phenoxy) is 2. The zero-order chi connectivity index (χ0) is 12.7. The zero-order valence-electron chi connectivity index (χ0n) is 10.5. The van der Waals surface area contributed by atoms with Gasteiger partial charge in [-0.3, -0.25) is 4.57 Å². The number of hydrogen-bond donors (Lipinski definition) is 1. The number of hydrogen-bond acceptors (Lipinski definition) is 5. The standard InChI is InChI=1S/C12H14N4O2/c1-7-14-15-10-6-13-11-8(16(7)10)4-5-9(17-2)12(11)18-3/h4-5,13H,6H2,1-3H3. The first-order valence-electron chi connectivity index (χ1n) is 5.66. The summed E-state index contributed by atoms with van der Waals surface area (Å²) >= 11 is 0. The fraction of sp³-hybridized carbons (Fsp3) is 0.333. The summed E-state index contributed by atoms with van der Waals surface area (Å²) in [4.78, 5) is 0. The average Bonchev–Trinajstić information content (AvgIpc) is 2.79. The summed E-state index contributed by atoms with van der Waals surface area (Å²) in [6.07, 6.45) is 0. The number of aromatic nitrogens is 3. The quantitative estimate of drug-likeness (QED) is 0.870. The van der Waals surface area contributed by atoms with E-state index in [0.717, 1.165) is 23.0 Å². The van der Waals surface area contributed by atoms with Gasteiger partial charge >= 0.3 is 0 Å². The topological polar surface area (TPSA) is 61.2 Å². The Morgan fingerprint density at radius 1 is 1.22 bits per heavy atom. The monoisotopic (exact) mass is 246 g/mol. The van der Waals surface area contributed by atoms with E-state index < -0.39 is 0 Å². The average molecular weight is 246 g/mol. The lowest BCUT2D eigenvalue weighted by atomic mass is 10.2. The SMILES string of the molecule is COc1ccc2c(c1OC)NCc1nnc(C)n1-2. The number of benzene rings is 1. The molecular formula is C12H14N4O2. The Kier molecular flexibility index (Phi) is 2.36. The molecule has 1 aromatic heterocycles. The van der Waals surface area contributed by atoms with Crippen LogP contribution in [0.5, 0.6) is 11.5 Å². The van der Waals surface area contributed by atoms with Crippen LogP contribution in [-0.2, 0) is 6.54 Å². The minimum absolute atomic E-state index is 0.622. The minimum Gasteiger partial charge on any atom is -0.493 e. The van der Waals surface area contributed by atoms with Crippen LogP contribution < -0.4 is 14.8 Å². The Balaban J connectivity index is 2.27. The second-order valence-electron chi connectivity index (χ2n) is 4.05. The predicted octanol–water partition coefficient (Wildman–Crippen LogP) is 1.52. The predicted molar refractivity (Wildman–Crippen MR) is 66.5 cm³/mol. The van der Waals surface area contributed by atoms with Gasteiger partial charge in [-0.15, -0.1) is 10.2 Å². The third kappa shape index (κ3) is 1.35. The molecule has 6 heteroatoms. The number of nitrogens with zero attached hydrogens (tertiary/aromatic N) is 3. The summed E-state index contributed by atoms with van der Waals surface area (Å²) in [5.41, 5.74) is 1.89. The Hall–Kier alpha value is -2.24. The molecule has 2 heterocycles. The van der Waals surface area contributed by atoms with E-state index in [1.54, 1.807) is 14.2 Å². The third-order valence-electron chi connectivity index (χ3n) is 3.08. The van der Waals surface area contributed by atoms with Crippen LogP contribution in [0.4, 0.5) is 5.69 Å². The van der Waals surface area contributed by atoms with Crippen molar-refractivity contribution in [1.29, 1.82) is 0 Å². The van der Waals surface area contributed by atoms with E-state index in [1.807, 2.05) is 23.6 Å². The maximum absolute atomic E-state index is 5.42. The first-order valence-corrected chi connectivity index (χ1v) is 5.66. The lowest BCUT2D eigenvalue weighted by Gasteiger charge is -2.23. The number of fused-ring (bicyclic) bond motifs is 3. The number of anilines is 1. The Morgan fingerprint density at radius 3 is 2.78 bits per heavy atom. The van der Waals surface area contributed by atoms with Crippen LogP contribution in [0, 0.1) is 6.92 Å². The van der Waals surface area contributed by atoms with Crippen molar-refractivity contribution in [2.24, 2.45) is 0 Å². The van der Waals surface area contributed by atoms with E-state index in [9.17, 15) is 0 Å². The van der Waals surface area contributed by atoms with E-state index in [-0.39, 0.29) is 0 Å². The molecule has 1 aliphatic heterocycles. The molecule has 0 radical (unpaired) electrons. The molecule has 0 aliphatic carbocycles. The highest BCUT2D eigenvalue weighted by atomic mass is 16.5. The van der Waals surface area contributed by atoms with Crippen molar-refractivity contribution in [1.82, 2.24) is 14.8 Å². The number of methoxy groups -OCH3 is 2. The lowest BCUT2D eigenvalue weighted by molar-refractivity contribution is 0.356. The highest BCUT2D eigenvalue weighted by Gasteiger charge is 2.24. The summed E-state index contributed by atoms with van der Waals surface area (Å²) < 4.78 is 12.7. The zero-order valence-corrected chi connectivity index (χ0v) is 10.5. The van der Waals surface area contributed by atoms with E-state index in [0.29, 0.717) is 18.0 Å². The number of rotatable bonds is 2. The van der Waals surface area contributed by atoms with Gasteiger partial charge in [0.1, 0.15) is 11.5 Å². The molecule has 1 aliphatic rings. The van der Waals surface area contributed by atoms with Gasteiger partial charge in [0.15, 0.2) is 17.3 Å². The van der Waals surface area contributed by atoms with Gasteiger partial charge in [-0.25, -0.2) is 0 Å². The van der Waals surface area contributed by atoms with Crippen LogP contribution >= 0.6 is 0 Å². The highest BCUT2D eigenvalue weighted by molar-refractivity contribution is 5.75. The van der Waals surface area contributed by atoms with Gasteiger partial charge in [-0.2, -0.15) is 0 Å². The summed E-state index contributed by atoms with van der Waals surface area (Å²) in [7, 11) is 3.26. The molecular weight excluding hydrogens is 232 g/mol. The molecule has 0 unspecified atom stereocenters. The number of aryl methyl sites for hydroxylation is 1. The van der Waals surface area contributed by atoms with Crippen LogP contribution in [0.2, 0.25) is 0 Å². The van der Waals surface area contributed by atoms with Crippen molar-refractivity contribution in [2.75, 3.05) is 19.5 Å². The van der Waals surface area contributed by atoms with Gasteiger partial charge in [0, 0.05) is 0 Å². The van der Waals surface area contributed by atoms with Gasteiger partial charge in [0.25, 0.3) is 0 Å². The molecule has 0 amide bonds. The Bertz CT molecular complexity index is 606. The maximum Gasteiger partial charge on any atom is 0.186 e. The first kappa shape index (κ1) is 10.9. The van der Waals surface area contributed by atoms with Crippen molar-refractivity contribution in [3.8, 4) is 17.2 Å². The molecule has 1 aromatic carbocycles. The molecule has 0 atom stereocenters. The molecule has 2 aromatic rings. The molecule has 0 bridgehead atoms. The first-order chi connectivity index (χ1) is 8.76. The van der Waals surface area contributed by atoms with Crippen molar-refractivity contribution < 1.29 is 9.47 Å². The summed E-state index contributed by atoms with van der Waals surface area (Å²) in [6, 6.07) is 3.86. The van der Waals surface area contributed by atoms with Crippen LogP contribution in [0.15, 0.2) is 12.1 Å². The van der Waals surface area contributed by atoms with Crippen molar-refractivity contribution >= 4 is 5.69 Å². The van der Waals surface area contributed by atoms with Crippen molar-refractivity contribution in [3.63, 3.8) is 0 Å². The minimum atomic E-state index is 0.622. The van der Waals surface area contributed by atoms with Gasteiger partial charge in [-0.05, 0) is 19.1 Å². The van der Waals surface area contributed by atoms with Gasteiger partial charge < -0.3 is 14.8 Å². The van der Waals surface area contributed by atoms with Gasteiger partial charge in [-0.1, -0.05) is 0 Å². The molecule has 0 fully saturated rings. The fourth-order valence-electron chi connectivity index (χ4n) is 2.28. The van der Waals surface area contributed by atoms with E-state index in [4.69, 9.17) is 9.47 Å². The smallest absolute Gasteiger partial charge is 0.186 e. The summed E-state index contributed by atoms with van der Waals surface area (Å²) in [5, 5.41) is 11.5. The van der Waals surface area contributed by atoms with Crippen molar-refractivity contribution in [2.45, 2.75) is 13.5 Å². The molecule has 0 spiro atoms. The van der Waals surface area contributed by atoms with Crippen LogP contribution in [0.1, 0.15) is 11.6 Å². The fourth-order valence-corrected chi connectivity index (χ4v) is 2.28. The maximum atomic E-state index is 5.42. The van der Waals surface area contributed by atoms with Crippen LogP contribution in [0.25, 0.3) is 5.69 Å². The molecule has 0 saturated heterocycles. The highest BCUT2D eigenvalue weighted by Crippen LogP contribution is 2.42. The largest absolute Gasteiger partial charge is 0.493 e. The summed E-state index contributed by atoms with van der Waals surface area (Å²) in [5.74, 6) is 3.17. The van der Waals surface area contributed by atoms with E-state index in [2.05, 4.69) is 15.5 Å². The molecule has 1 N–H and O–H groups in total. The van der Waals surface area contributed by atoms with E-state index >= 15 is 0 Å². The van der Waals surface area contributed by atoms with Gasteiger partial charge in [0.05, 0.1) is 26.5 Å². The second kappa shape index (κ2) is 3.90. The van der Waals surface area contributed by atoms with E-state index in [1.165, 1.54) is 0 Å².